The van der Waals surface area contributed by atoms with E-state index in [0.29, 0.717) is 75.0 Å². The lowest BCUT2D eigenvalue weighted by Gasteiger charge is -2.41. The van der Waals surface area contributed by atoms with Crippen LogP contribution in [0.1, 0.15) is 136 Å². The average Bonchev–Trinajstić information content (AvgIpc) is 4.08. The SMILES string of the molecule is CN[C@@H](C)C(=O)N[C@H](C(=O)N1Cc2cc(OCCOCCOCCNC[C@H]3CC[C@H](n4cc(NC(=O)c5coc(-c6ccnc(NCC7CC7)c6)n5)c(C(F)F)n4)CC3)ccc2C[C@H]1C(=O)N[C@@H]1CCCc2ccccc21)C(C)(C)C. The molecule has 4 atom stereocenters. The number of carbonyl (C=O) groups is 4. The number of likely N-dealkylation sites (N-methyl/N-ethyl adjacent to an activating group) is 1. The van der Waals surface area contributed by atoms with E-state index in [2.05, 4.69) is 59.1 Å². The zero-order valence-corrected chi connectivity index (χ0v) is 47.2. The number of aromatic nitrogens is 4. The van der Waals surface area contributed by atoms with Crippen LogP contribution >= 0.6 is 0 Å². The summed E-state index contributed by atoms with van der Waals surface area (Å²) in [6.07, 6.45) is 10.2. The summed E-state index contributed by atoms with van der Waals surface area (Å²) in [6.45, 7) is 11.9. The molecule has 2 aromatic carbocycles. The first kappa shape index (κ1) is 58.8. The Bertz CT molecular complexity index is 2930. The topological polar surface area (TPSA) is 228 Å². The number of oxazole rings is 1. The van der Waals surface area contributed by atoms with E-state index in [9.17, 15) is 28.0 Å². The molecule has 0 radical (unpaired) electrons. The standard InChI is InChI=1S/C60H79F2N11O8/c1-37(63-5)55(74)70-53(60(2,3)4)59(77)72-34-43-29-45(20-17-41(43)30-50(72)57(76)67-47-12-8-10-40-9-6-7-11-46(40)47)80-28-27-79-26-25-78-24-23-64-32-38-15-18-44(19-16-38)73-35-48(52(71-73)54(61)62)68-56(75)49-36-81-58(69-49)42-21-22-65-51(31-42)66-33-39-13-14-39/h6-7,9,11,17,20-22,29,31,35-39,44,47,50,53-54,63-64H,8,10,12-16,18-19,23-28,30,32-34H2,1-5H3,(H,65,66)(H,67,76)(H,68,75)(H,70,74)/t37-,38-,44-,47+,50-,53+/m0/s1. The van der Waals surface area contributed by atoms with Gasteiger partial charge >= 0.3 is 0 Å². The number of benzene rings is 2. The van der Waals surface area contributed by atoms with Crippen molar-refractivity contribution < 1.29 is 46.6 Å². The van der Waals surface area contributed by atoms with Crippen LogP contribution in [0.4, 0.5) is 20.3 Å². The number of hydrogen-bond acceptors (Lipinski definition) is 14. The monoisotopic (exact) mass is 1120 g/mol. The molecule has 5 aromatic rings. The second-order valence-corrected chi connectivity index (χ2v) is 23.0. The van der Waals surface area contributed by atoms with Crippen molar-refractivity contribution in [3.05, 3.63) is 107 Å². The van der Waals surface area contributed by atoms with Crippen molar-refractivity contribution in [3.63, 3.8) is 0 Å². The molecule has 81 heavy (non-hydrogen) atoms. The van der Waals surface area contributed by atoms with E-state index in [1.165, 1.54) is 30.9 Å². The fourth-order valence-corrected chi connectivity index (χ4v) is 10.9. The number of anilines is 2. The summed E-state index contributed by atoms with van der Waals surface area (Å²) in [5.74, 6) is 1.09. The summed E-state index contributed by atoms with van der Waals surface area (Å²) in [5.41, 5.74) is 3.57. The highest BCUT2D eigenvalue weighted by Crippen LogP contribution is 2.37. The first-order chi connectivity index (χ1) is 39.1. The summed E-state index contributed by atoms with van der Waals surface area (Å²) in [4.78, 5) is 65.8. The Labute approximate surface area is 472 Å². The van der Waals surface area contributed by atoms with Gasteiger partial charge in [-0.3, -0.25) is 23.9 Å². The van der Waals surface area contributed by atoms with E-state index in [-0.39, 0.29) is 53.6 Å². The molecule has 2 saturated carbocycles. The van der Waals surface area contributed by atoms with Gasteiger partial charge in [0.2, 0.25) is 23.6 Å². The van der Waals surface area contributed by atoms with E-state index >= 15 is 0 Å². The van der Waals surface area contributed by atoms with Crippen LogP contribution in [0.15, 0.2) is 77.7 Å². The second-order valence-electron chi connectivity index (χ2n) is 23.0. The number of rotatable bonds is 26. The maximum absolute atomic E-state index is 14.7. The Morgan fingerprint density at radius 1 is 0.864 bits per heavy atom. The van der Waals surface area contributed by atoms with Crippen molar-refractivity contribution in [2.75, 3.05) is 70.3 Å². The lowest BCUT2D eigenvalue weighted by Crippen LogP contribution is -2.62. The van der Waals surface area contributed by atoms with Crippen molar-refractivity contribution >= 4 is 35.1 Å². The first-order valence-corrected chi connectivity index (χ1v) is 28.7. The van der Waals surface area contributed by atoms with Gasteiger partial charge in [0.25, 0.3) is 12.3 Å². The molecule has 0 unspecified atom stereocenters. The van der Waals surface area contributed by atoms with E-state index < -0.39 is 41.6 Å². The van der Waals surface area contributed by atoms with Crippen LogP contribution in [0.25, 0.3) is 11.5 Å². The predicted molar refractivity (Wildman–Crippen MR) is 302 cm³/mol. The molecule has 9 rings (SSSR count). The lowest BCUT2D eigenvalue weighted by atomic mass is 9.83. The van der Waals surface area contributed by atoms with Gasteiger partial charge in [-0.25, -0.2) is 18.7 Å². The zero-order valence-electron chi connectivity index (χ0n) is 47.2. The van der Waals surface area contributed by atoms with Crippen LogP contribution < -0.4 is 36.6 Å². The minimum Gasteiger partial charge on any atom is -0.491 e. The Hall–Kier alpha value is -6.81. The number of hydrogen-bond donors (Lipinski definition) is 6. The van der Waals surface area contributed by atoms with Crippen LogP contribution in [0.5, 0.6) is 5.75 Å². The molecule has 3 aliphatic carbocycles. The number of ether oxygens (including phenoxy) is 3. The number of halogens is 2. The number of nitrogens with zero attached hydrogens (tertiary/aromatic N) is 5. The van der Waals surface area contributed by atoms with Crippen molar-refractivity contribution in [1.29, 1.82) is 0 Å². The van der Waals surface area contributed by atoms with Crippen LogP contribution in [0, 0.1) is 17.3 Å². The molecule has 436 valence electrons. The molecule has 6 N–H and O–H groups in total. The normalized spacial score (nSPS) is 19.7. The lowest BCUT2D eigenvalue weighted by molar-refractivity contribution is -0.147. The minimum atomic E-state index is -2.88. The van der Waals surface area contributed by atoms with Crippen molar-refractivity contribution in [2.24, 2.45) is 17.3 Å². The number of amides is 4. The van der Waals surface area contributed by atoms with Crippen molar-refractivity contribution in [1.82, 2.24) is 45.9 Å². The fourth-order valence-electron chi connectivity index (χ4n) is 10.9. The molecule has 1 aliphatic heterocycles. The molecule has 2 fully saturated rings. The highest BCUT2D eigenvalue weighted by molar-refractivity contribution is 6.03. The summed E-state index contributed by atoms with van der Waals surface area (Å²) in [6, 6.07) is 15.1. The van der Waals surface area contributed by atoms with E-state index in [1.54, 1.807) is 41.9 Å². The minimum absolute atomic E-state index is 0.0405. The molecule has 0 bridgehead atoms. The number of aryl methyl sites for hydroxylation is 1. The third kappa shape index (κ3) is 15.6. The Balaban J connectivity index is 0.677. The molecular weight excluding hydrogens is 1040 g/mol. The second kappa shape index (κ2) is 27.3. The van der Waals surface area contributed by atoms with Gasteiger partial charge in [0.1, 0.15) is 36.5 Å². The predicted octanol–water partition coefficient (Wildman–Crippen LogP) is 7.96. The smallest absolute Gasteiger partial charge is 0.284 e. The number of pyridine rings is 1. The van der Waals surface area contributed by atoms with Gasteiger partial charge in [-0.2, -0.15) is 5.10 Å². The fraction of sp³-hybridized carbons (Fsp3) is 0.550. The molecule has 21 heteroatoms. The first-order valence-electron chi connectivity index (χ1n) is 28.7. The maximum Gasteiger partial charge on any atom is 0.284 e. The van der Waals surface area contributed by atoms with Gasteiger partial charge in [-0.15, -0.1) is 0 Å². The van der Waals surface area contributed by atoms with Crippen LogP contribution in [-0.2, 0) is 43.2 Å². The Kier molecular flexibility index (Phi) is 19.8. The number of alkyl halides is 2. The van der Waals surface area contributed by atoms with Crippen LogP contribution in [0.3, 0.4) is 0 Å². The van der Waals surface area contributed by atoms with Gasteiger partial charge in [0, 0.05) is 44.0 Å². The number of carbonyl (C=O) groups excluding carboxylic acids is 4. The van der Waals surface area contributed by atoms with E-state index in [1.807, 2.05) is 51.1 Å². The maximum atomic E-state index is 14.7. The van der Waals surface area contributed by atoms with E-state index in [0.717, 1.165) is 74.7 Å². The third-order valence-electron chi connectivity index (χ3n) is 15.9. The number of fused-ring (bicyclic) bond motifs is 2. The Morgan fingerprint density at radius 2 is 1.62 bits per heavy atom. The van der Waals surface area contributed by atoms with Crippen molar-refractivity contribution in [3.8, 4) is 17.2 Å². The highest BCUT2D eigenvalue weighted by atomic mass is 19.3. The quantitative estimate of drug-likeness (QED) is 0.0289. The average molecular weight is 1120 g/mol. The molecule has 3 aromatic heterocycles. The molecule has 19 nitrogen and oxygen atoms in total. The largest absolute Gasteiger partial charge is 0.491 e. The van der Waals surface area contributed by atoms with Gasteiger partial charge < -0.3 is 55.4 Å². The van der Waals surface area contributed by atoms with E-state index in [4.69, 9.17) is 18.6 Å². The number of nitrogens with one attached hydrogen (secondary N) is 6. The molecule has 4 amide bonds. The molecule has 0 spiro atoms. The molecule has 0 saturated heterocycles. The van der Waals surface area contributed by atoms with Crippen molar-refractivity contribution in [2.45, 2.75) is 135 Å². The summed E-state index contributed by atoms with van der Waals surface area (Å²) >= 11 is 0. The van der Waals surface area contributed by atoms with Crippen LogP contribution in [0.2, 0.25) is 0 Å². The molecular formula is C60H79F2N11O8. The summed E-state index contributed by atoms with van der Waals surface area (Å²) < 4.78 is 53.3. The summed E-state index contributed by atoms with van der Waals surface area (Å²) in [5, 5.41) is 22.8. The molecule has 4 heterocycles. The van der Waals surface area contributed by atoms with Gasteiger partial charge in [0.15, 0.2) is 11.4 Å². The van der Waals surface area contributed by atoms with Gasteiger partial charge in [0.05, 0.1) is 50.2 Å². The van der Waals surface area contributed by atoms with Gasteiger partial charge in [-0.1, -0.05) is 51.1 Å². The third-order valence-corrected chi connectivity index (χ3v) is 15.9. The Morgan fingerprint density at radius 3 is 2.38 bits per heavy atom. The zero-order chi connectivity index (χ0) is 57.0. The summed E-state index contributed by atoms with van der Waals surface area (Å²) in [7, 11) is 1.69. The highest BCUT2D eigenvalue weighted by Gasteiger charge is 2.43. The molecule has 4 aliphatic rings. The van der Waals surface area contributed by atoms with Gasteiger partial charge in [-0.05, 0) is 142 Å². The van der Waals surface area contributed by atoms with Crippen LogP contribution in [-0.4, -0.2) is 126 Å².